The molecule has 2 aromatic rings. The maximum atomic E-state index is 13.9. The summed E-state index contributed by atoms with van der Waals surface area (Å²) in [4.78, 5) is 24.4. The third-order valence-corrected chi connectivity index (χ3v) is 6.81. The molecule has 0 amide bonds. The van der Waals surface area contributed by atoms with Gasteiger partial charge in [0, 0.05) is 0 Å². The first kappa shape index (κ1) is 29.0. The molecule has 0 aliphatic heterocycles. The van der Waals surface area contributed by atoms with Crippen LogP contribution in [-0.4, -0.2) is 36.2 Å². The number of hydrogen-bond donors (Lipinski definition) is 0. The molecule has 202 valence electrons. The van der Waals surface area contributed by atoms with Crippen LogP contribution in [0.15, 0.2) is 48.5 Å². The summed E-state index contributed by atoms with van der Waals surface area (Å²) in [6.07, 6.45) is 5.69. The number of aryl methyl sites for hydroxylation is 1. The molecule has 1 fully saturated rings. The summed E-state index contributed by atoms with van der Waals surface area (Å²) in [5.41, 5.74) is 1.62. The van der Waals surface area contributed by atoms with Gasteiger partial charge in [-0.1, -0.05) is 31.9 Å². The number of hydrogen-bond acceptors (Lipinski definition) is 5. The van der Waals surface area contributed by atoms with E-state index in [1.165, 1.54) is 5.56 Å². The molecule has 0 bridgehead atoms. The number of rotatable bonds is 13. The first-order valence-corrected chi connectivity index (χ1v) is 13.8. The molecule has 0 unspecified atom stereocenters. The molecule has 0 aromatic heterocycles. The van der Waals surface area contributed by atoms with Gasteiger partial charge in [0.1, 0.15) is 24.2 Å². The fourth-order valence-corrected chi connectivity index (χ4v) is 4.50. The highest BCUT2D eigenvalue weighted by Crippen LogP contribution is 2.30. The zero-order valence-electron chi connectivity index (χ0n) is 21.8. The van der Waals surface area contributed by atoms with Gasteiger partial charge in [-0.2, -0.15) is 0 Å². The highest BCUT2D eigenvalue weighted by Gasteiger charge is 2.27. The van der Waals surface area contributed by atoms with Crippen LogP contribution in [0.25, 0.3) is 0 Å². The summed E-state index contributed by atoms with van der Waals surface area (Å²) in [6.45, 7) is 4.23. The van der Waals surface area contributed by atoms with Gasteiger partial charge in [-0.05, 0) is 99.7 Å². The van der Waals surface area contributed by atoms with Crippen molar-refractivity contribution in [3.05, 3.63) is 59.7 Å². The van der Waals surface area contributed by atoms with Crippen molar-refractivity contribution in [2.45, 2.75) is 89.3 Å². The average molecular weight is 533 g/mol. The normalized spacial score (nSPS) is 19.0. The molecule has 0 radical (unpaired) electrons. The van der Waals surface area contributed by atoms with Crippen molar-refractivity contribution >= 4 is 23.5 Å². The van der Waals surface area contributed by atoms with E-state index >= 15 is 0 Å². The van der Waals surface area contributed by atoms with E-state index in [2.05, 4.69) is 0 Å². The average Bonchev–Trinajstić information content (AvgIpc) is 2.91. The molecule has 37 heavy (non-hydrogen) atoms. The SMILES string of the molecule is CCCC[C@@H](F)C(=O)OC1CCC(CCc2ccc(OC(=O)c3ccc(OC[C@H](C)Cl)cc3)cc2)CC1. The van der Waals surface area contributed by atoms with E-state index in [1.54, 1.807) is 24.3 Å². The Morgan fingerprint density at radius 3 is 2.27 bits per heavy atom. The molecule has 1 aliphatic rings. The molecule has 7 heteroatoms. The molecular weight excluding hydrogens is 495 g/mol. The number of carbonyl (C=O) groups excluding carboxylic acids is 2. The lowest BCUT2D eigenvalue weighted by atomic mass is 9.83. The van der Waals surface area contributed by atoms with Crippen molar-refractivity contribution in [1.82, 2.24) is 0 Å². The molecule has 2 aromatic carbocycles. The second kappa shape index (κ2) is 15.0. The lowest BCUT2D eigenvalue weighted by Gasteiger charge is -2.28. The quantitative estimate of drug-likeness (QED) is 0.152. The molecule has 2 atom stereocenters. The second-order valence-corrected chi connectivity index (χ2v) is 10.6. The van der Waals surface area contributed by atoms with Gasteiger partial charge in [0.15, 0.2) is 6.17 Å². The summed E-state index contributed by atoms with van der Waals surface area (Å²) in [5, 5.41) is -0.0918. The monoisotopic (exact) mass is 532 g/mol. The minimum absolute atomic E-state index is 0.0918. The van der Waals surface area contributed by atoms with Gasteiger partial charge >= 0.3 is 11.9 Å². The van der Waals surface area contributed by atoms with Crippen LogP contribution in [0.4, 0.5) is 4.39 Å². The topological polar surface area (TPSA) is 61.8 Å². The van der Waals surface area contributed by atoms with E-state index in [-0.39, 0.29) is 17.9 Å². The summed E-state index contributed by atoms with van der Waals surface area (Å²) in [6, 6.07) is 14.4. The molecule has 0 saturated heterocycles. The van der Waals surface area contributed by atoms with Gasteiger partial charge in [0.05, 0.1) is 10.9 Å². The third-order valence-electron chi connectivity index (χ3n) is 6.69. The Bertz CT molecular complexity index is 968. The fourth-order valence-electron chi connectivity index (χ4n) is 4.44. The van der Waals surface area contributed by atoms with Gasteiger partial charge in [0.25, 0.3) is 0 Å². The van der Waals surface area contributed by atoms with E-state index in [1.807, 2.05) is 38.1 Å². The standard InChI is InChI=1S/C30H38ClFO5/c1-3-4-5-28(32)30(34)37-27-16-10-23(11-17-27)7-6-22-8-14-26(15-9-22)36-29(33)24-12-18-25(19-13-24)35-20-21(2)31/h8-9,12-15,18-19,21,23,27-28H,3-7,10-11,16-17,20H2,1-2H3/t21-,23?,27?,28+/m0/s1. The van der Waals surface area contributed by atoms with Crippen LogP contribution in [0.3, 0.4) is 0 Å². The molecule has 1 aliphatic carbocycles. The lowest BCUT2D eigenvalue weighted by Crippen LogP contribution is -2.29. The molecule has 3 rings (SSSR count). The summed E-state index contributed by atoms with van der Waals surface area (Å²) in [5.74, 6) is 0.595. The Hall–Kier alpha value is -2.60. The Morgan fingerprint density at radius 1 is 1.00 bits per heavy atom. The van der Waals surface area contributed by atoms with Crippen LogP contribution in [0, 0.1) is 5.92 Å². The highest BCUT2D eigenvalue weighted by molar-refractivity contribution is 6.20. The van der Waals surface area contributed by atoms with Crippen LogP contribution < -0.4 is 9.47 Å². The van der Waals surface area contributed by atoms with Gasteiger partial charge in [-0.3, -0.25) is 0 Å². The Labute approximate surface area is 224 Å². The first-order chi connectivity index (χ1) is 17.8. The summed E-state index contributed by atoms with van der Waals surface area (Å²) >= 11 is 5.89. The number of ether oxygens (including phenoxy) is 3. The number of halogens is 2. The van der Waals surface area contributed by atoms with Crippen LogP contribution in [-0.2, 0) is 16.0 Å². The van der Waals surface area contributed by atoms with Crippen LogP contribution >= 0.6 is 11.6 Å². The Morgan fingerprint density at radius 2 is 1.65 bits per heavy atom. The van der Waals surface area contributed by atoms with E-state index < -0.39 is 18.1 Å². The maximum absolute atomic E-state index is 13.9. The number of esters is 2. The number of unbranched alkanes of at least 4 members (excludes halogenated alkanes) is 1. The van der Waals surface area contributed by atoms with Crippen molar-refractivity contribution in [1.29, 1.82) is 0 Å². The molecule has 5 nitrogen and oxygen atoms in total. The number of benzene rings is 2. The molecule has 0 N–H and O–H groups in total. The van der Waals surface area contributed by atoms with Crippen molar-refractivity contribution in [2.75, 3.05) is 6.61 Å². The van der Waals surface area contributed by atoms with E-state index in [0.717, 1.165) is 44.9 Å². The Kier molecular flexibility index (Phi) is 11.7. The van der Waals surface area contributed by atoms with Crippen LogP contribution in [0.5, 0.6) is 11.5 Å². The van der Waals surface area contributed by atoms with Crippen molar-refractivity contribution < 1.29 is 28.2 Å². The summed E-state index contributed by atoms with van der Waals surface area (Å²) in [7, 11) is 0. The summed E-state index contributed by atoms with van der Waals surface area (Å²) < 4.78 is 30.3. The predicted octanol–water partition coefficient (Wildman–Crippen LogP) is 7.47. The molecule has 0 spiro atoms. The van der Waals surface area contributed by atoms with Gasteiger partial charge in [-0.15, -0.1) is 11.6 Å². The molecule has 1 saturated carbocycles. The minimum atomic E-state index is -1.50. The predicted molar refractivity (Wildman–Crippen MR) is 143 cm³/mol. The van der Waals surface area contributed by atoms with Crippen LogP contribution in [0.2, 0.25) is 0 Å². The highest BCUT2D eigenvalue weighted by atomic mass is 35.5. The molecule has 0 heterocycles. The zero-order valence-corrected chi connectivity index (χ0v) is 22.6. The van der Waals surface area contributed by atoms with Gasteiger partial charge in [-0.25, -0.2) is 14.0 Å². The van der Waals surface area contributed by atoms with Crippen molar-refractivity contribution in [3.8, 4) is 11.5 Å². The van der Waals surface area contributed by atoms with E-state index in [9.17, 15) is 14.0 Å². The van der Waals surface area contributed by atoms with Gasteiger partial charge in [0.2, 0.25) is 0 Å². The Balaban J connectivity index is 1.37. The lowest BCUT2D eigenvalue weighted by molar-refractivity contribution is -0.157. The van der Waals surface area contributed by atoms with Crippen molar-refractivity contribution in [2.24, 2.45) is 5.92 Å². The minimum Gasteiger partial charge on any atom is -0.492 e. The smallest absolute Gasteiger partial charge is 0.343 e. The van der Waals surface area contributed by atoms with Crippen LogP contribution in [0.1, 0.15) is 81.1 Å². The maximum Gasteiger partial charge on any atom is 0.343 e. The number of alkyl halides is 2. The zero-order chi connectivity index (χ0) is 26.6. The first-order valence-electron chi connectivity index (χ1n) is 13.4. The van der Waals surface area contributed by atoms with Crippen molar-refractivity contribution in [3.63, 3.8) is 0 Å². The van der Waals surface area contributed by atoms with Gasteiger partial charge < -0.3 is 14.2 Å². The number of carbonyl (C=O) groups is 2. The fraction of sp³-hybridized carbons (Fsp3) is 0.533. The van der Waals surface area contributed by atoms with E-state index in [4.69, 9.17) is 25.8 Å². The van der Waals surface area contributed by atoms with E-state index in [0.29, 0.717) is 36.0 Å². The third kappa shape index (κ3) is 9.99. The second-order valence-electron chi connectivity index (χ2n) is 9.88. The molecular formula is C30H38ClFO5. The largest absolute Gasteiger partial charge is 0.492 e.